The maximum atomic E-state index is 12.6. The third-order valence-electron chi connectivity index (χ3n) is 3.66. The Morgan fingerprint density at radius 1 is 1.48 bits per heavy atom. The molecule has 1 aromatic carbocycles. The van der Waals surface area contributed by atoms with Crippen molar-refractivity contribution in [2.75, 3.05) is 13.2 Å². The summed E-state index contributed by atoms with van der Waals surface area (Å²) in [5.74, 6) is -0.0942. The number of hydrogen-bond donors (Lipinski definition) is 1. The number of ether oxygens (including phenoxy) is 1. The summed E-state index contributed by atoms with van der Waals surface area (Å²) in [6, 6.07) is 7.38. The van der Waals surface area contributed by atoms with Gasteiger partial charge in [0, 0.05) is 17.7 Å². The molecule has 0 radical (unpaired) electrons. The lowest BCUT2D eigenvalue weighted by Gasteiger charge is -2.23. The summed E-state index contributed by atoms with van der Waals surface area (Å²) in [5, 5.41) is 4.38. The van der Waals surface area contributed by atoms with Gasteiger partial charge in [-0.2, -0.15) is 0 Å². The molecule has 4 nitrogen and oxygen atoms in total. The molecular weight excluding hydrogens is 288 g/mol. The van der Waals surface area contributed by atoms with Crippen LogP contribution in [0.5, 0.6) is 0 Å². The Balaban J connectivity index is 1.95. The second kappa shape index (κ2) is 6.00. The van der Waals surface area contributed by atoms with Crippen LogP contribution in [0, 0.1) is 6.92 Å². The number of aromatic nitrogens is 1. The number of nitrogens with one attached hydrogen (secondary N) is 1. The van der Waals surface area contributed by atoms with Gasteiger partial charge in [-0.15, -0.1) is 0 Å². The highest BCUT2D eigenvalue weighted by Crippen LogP contribution is 2.25. The fourth-order valence-electron chi connectivity index (χ4n) is 2.65. The zero-order valence-corrected chi connectivity index (χ0v) is 12.6. The molecule has 5 heteroatoms. The average Bonchev–Trinajstić information content (AvgIpc) is 2.48. The van der Waals surface area contributed by atoms with Gasteiger partial charge in [0.05, 0.1) is 28.8 Å². The van der Waals surface area contributed by atoms with E-state index in [1.165, 1.54) is 0 Å². The second-order valence-electron chi connectivity index (χ2n) is 5.33. The standard InChI is InChI=1S/C16H17ClN2O2/c1-10-8-13(12-5-2-6-14(17)15(12)18-10)16(20)19-11-4-3-7-21-9-11/h2,5-6,8,11H,3-4,7,9H2,1H3,(H,19,20)/t11-/m0/s1. The third kappa shape index (κ3) is 3.01. The molecule has 1 aliphatic rings. The summed E-state index contributed by atoms with van der Waals surface area (Å²) in [6.45, 7) is 3.22. The SMILES string of the molecule is Cc1cc(C(=O)N[C@H]2CCCOC2)c2cccc(Cl)c2n1. The predicted octanol–water partition coefficient (Wildman–Crippen LogP) is 3.11. The lowest BCUT2D eigenvalue weighted by atomic mass is 10.1. The fraction of sp³-hybridized carbons (Fsp3) is 0.375. The van der Waals surface area contributed by atoms with E-state index in [1.807, 2.05) is 19.1 Å². The first-order valence-electron chi connectivity index (χ1n) is 7.09. The first kappa shape index (κ1) is 14.3. The van der Waals surface area contributed by atoms with E-state index in [-0.39, 0.29) is 11.9 Å². The Labute approximate surface area is 128 Å². The Morgan fingerprint density at radius 2 is 2.33 bits per heavy atom. The summed E-state index contributed by atoms with van der Waals surface area (Å²) in [6.07, 6.45) is 1.93. The molecule has 1 fully saturated rings. The Morgan fingerprint density at radius 3 is 3.10 bits per heavy atom. The number of amides is 1. The monoisotopic (exact) mass is 304 g/mol. The summed E-state index contributed by atoms with van der Waals surface area (Å²) in [4.78, 5) is 17.0. The van der Waals surface area contributed by atoms with E-state index in [0.717, 1.165) is 30.5 Å². The van der Waals surface area contributed by atoms with Gasteiger partial charge < -0.3 is 10.1 Å². The van der Waals surface area contributed by atoms with Crippen molar-refractivity contribution in [1.82, 2.24) is 10.3 Å². The van der Waals surface area contributed by atoms with Crippen LogP contribution in [0.2, 0.25) is 5.02 Å². The van der Waals surface area contributed by atoms with Crippen LogP contribution in [0.15, 0.2) is 24.3 Å². The molecule has 0 bridgehead atoms. The Kier molecular flexibility index (Phi) is 4.08. The summed E-state index contributed by atoms with van der Waals surface area (Å²) in [5.41, 5.74) is 2.07. The summed E-state index contributed by atoms with van der Waals surface area (Å²) < 4.78 is 5.40. The molecule has 0 saturated carbocycles. The number of pyridine rings is 1. The minimum Gasteiger partial charge on any atom is -0.379 e. The van der Waals surface area contributed by atoms with E-state index in [4.69, 9.17) is 16.3 Å². The second-order valence-corrected chi connectivity index (χ2v) is 5.74. The highest BCUT2D eigenvalue weighted by Gasteiger charge is 2.19. The number of fused-ring (bicyclic) bond motifs is 1. The van der Waals surface area contributed by atoms with Crippen LogP contribution in [-0.2, 0) is 4.74 Å². The predicted molar refractivity (Wildman–Crippen MR) is 82.8 cm³/mol. The zero-order valence-electron chi connectivity index (χ0n) is 11.9. The van der Waals surface area contributed by atoms with Crippen molar-refractivity contribution < 1.29 is 9.53 Å². The van der Waals surface area contributed by atoms with E-state index in [1.54, 1.807) is 12.1 Å². The van der Waals surface area contributed by atoms with E-state index < -0.39 is 0 Å². The summed E-state index contributed by atoms with van der Waals surface area (Å²) in [7, 11) is 0. The maximum Gasteiger partial charge on any atom is 0.252 e. The normalized spacial score (nSPS) is 18.7. The van der Waals surface area contributed by atoms with Crippen LogP contribution in [-0.4, -0.2) is 30.1 Å². The van der Waals surface area contributed by atoms with Crippen LogP contribution in [0.3, 0.4) is 0 Å². The molecule has 110 valence electrons. The lowest BCUT2D eigenvalue weighted by Crippen LogP contribution is -2.40. The van der Waals surface area contributed by atoms with Gasteiger partial charge in [0.25, 0.3) is 5.91 Å². The quantitative estimate of drug-likeness (QED) is 0.927. The first-order valence-corrected chi connectivity index (χ1v) is 7.47. The molecule has 1 N–H and O–H groups in total. The molecule has 1 saturated heterocycles. The molecule has 2 aromatic rings. The zero-order chi connectivity index (χ0) is 14.8. The average molecular weight is 305 g/mol. The van der Waals surface area contributed by atoms with Crippen LogP contribution in [0.4, 0.5) is 0 Å². The number of rotatable bonds is 2. The number of benzene rings is 1. The van der Waals surface area contributed by atoms with Crippen molar-refractivity contribution in [3.8, 4) is 0 Å². The number of hydrogen-bond acceptors (Lipinski definition) is 3. The molecule has 21 heavy (non-hydrogen) atoms. The van der Waals surface area contributed by atoms with Gasteiger partial charge in [-0.1, -0.05) is 23.7 Å². The van der Waals surface area contributed by atoms with Crippen molar-refractivity contribution in [2.24, 2.45) is 0 Å². The molecule has 3 rings (SSSR count). The van der Waals surface area contributed by atoms with Crippen molar-refractivity contribution in [1.29, 1.82) is 0 Å². The highest BCUT2D eigenvalue weighted by atomic mass is 35.5. The number of para-hydroxylation sites is 1. The van der Waals surface area contributed by atoms with Gasteiger partial charge in [0.15, 0.2) is 0 Å². The smallest absolute Gasteiger partial charge is 0.252 e. The van der Waals surface area contributed by atoms with Crippen LogP contribution < -0.4 is 5.32 Å². The molecule has 1 aromatic heterocycles. The molecule has 1 aliphatic heterocycles. The molecular formula is C16H17ClN2O2. The highest BCUT2D eigenvalue weighted by molar-refractivity contribution is 6.35. The molecule has 0 unspecified atom stereocenters. The van der Waals surface area contributed by atoms with Crippen molar-refractivity contribution in [3.05, 3.63) is 40.5 Å². The van der Waals surface area contributed by atoms with Gasteiger partial charge in [0.1, 0.15) is 0 Å². The summed E-state index contributed by atoms with van der Waals surface area (Å²) >= 11 is 6.18. The number of carbonyl (C=O) groups is 1. The minimum absolute atomic E-state index is 0.0777. The van der Waals surface area contributed by atoms with E-state index in [2.05, 4.69) is 10.3 Å². The molecule has 2 heterocycles. The van der Waals surface area contributed by atoms with Crippen LogP contribution in [0.1, 0.15) is 28.9 Å². The largest absolute Gasteiger partial charge is 0.379 e. The van der Waals surface area contributed by atoms with Crippen molar-refractivity contribution in [3.63, 3.8) is 0 Å². The number of aryl methyl sites for hydroxylation is 1. The van der Waals surface area contributed by atoms with Crippen molar-refractivity contribution in [2.45, 2.75) is 25.8 Å². The maximum absolute atomic E-state index is 12.6. The Bertz CT molecular complexity index is 681. The van der Waals surface area contributed by atoms with Gasteiger partial charge in [-0.05, 0) is 31.9 Å². The van der Waals surface area contributed by atoms with Crippen LogP contribution >= 0.6 is 11.6 Å². The molecule has 0 spiro atoms. The molecule has 1 atom stereocenters. The van der Waals surface area contributed by atoms with Gasteiger partial charge in [-0.3, -0.25) is 9.78 Å². The minimum atomic E-state index is -0.0942. The van der Waals surface area contributed by atoms with Gasteiger partial charge in [-0.25, -0.2) is 0 Å². The molecule has 0 aliphatic carbocycles. The number of halogens is 1. The van der Waals surface area contributed by atoms with E-state index >= 15 is 0 Å². The van der Waals surface area contributed by atoms with Crippen molar-refractivity contribution >= 4 is 28.4 Å². The van der Waals surface area contributed by atoms with E-state index in [0.29, 0.717) is 22.7 Å². The third-order valence-corrected chi connectivity index (χ3v) is 3.96. The first-order chi connectivity index (χ1) is 10.1. The molecule has 1 amide bonds. The van der Waals surface area contributed by atoms with Crippen LogP contribution in [0.25, 0.3) is 10.9 Å². The lowest BCUT2D eigenvalue weighted by molar-refractivity contribution is 0.0625. The number of nitrogens with zero attached hydrogens (tertiary/aromatic N) is 1. The number of carbonyl (C=O) groups excluding carboxylic acids is 1. The van der Waals surface area contributed by atoms with Gasteiger partial charge >= 0.3 is 0 Å². The van der Waals surface area contributed by atoms with E-state index in [9.17, 15) is 4.79 Å². The topological polar surface area (TPSA) is 51.2 Å². The Hall–Kier alpha value is -1.65. The van der Waals surface area contributed by atoms with Gasteiger partial charge in [0.2, 0.25) is 0 Å². The fourth-order valence-corrected chi connectivity index (χ4v) is 2.86.